The van der Waals surface area contributed by atoms with Crippen molar-refractivity contribution in [3.63, 3.8) is 0 Å². The SMILES string of the molecule is Cc1cc(C)c(-c2ccc(SCC(=O)Nc3ccc([N+](=O)[O-])cc3)nn2)cc1C. The maximum absolute atomic E-state index is 12.1. The van der Waals surface area contributed by atoms with Crippen LogP contribution < -0.4 is 5.32 Å². The third-order valence-electron chi connectivity index (χ3n) is 4.47. The fourth-order valence-electron chi connectivity index (χ4n) is 2.78. The summed E-state index contributed by atoms with van der Waals surface area (Å²) < 4.78 is 0. The second-order valence-electron chi connectivity index (χ2n) is 6.65. The Morgan fingerprint density at radius 1 is 1.00 bits per heavy atom. The Morgan fingerprint density at radius 3 is 2.31 bits per heavy atom. The molecule has 0 saturated carbocycles. The number of carbonyl (C=O) groups excluding carboxylic acids is 1. The highest BCUT2D eigenvalue weighted by Gasteiger charge is 2.10. The Balaban J connectivity index is 1.59. The van der Waals surface area contributed by atoms with Crippen molar-refractivity contribution in [2.24, 2.45) is 0 Å². The number of benzene rings is 2. The van der Waals surface area contributed by atoms with Gasteiger partial charge < -0.3 is 5.32 Å². The number of nitro benzene ring substituents is 1. The monoisotopic (exact) mass is 408 g/mol. The van der Waals surface area contributed by atoms with Crippen molar-refractivity contribution < 1.29 is 9.72 Å². The number of hydrogen-bond donors (Lipinski definition) is 1. The molecule has 1 amide bonds. The highest BCUT2D eigenvalue weighted by molar-refractivity contribution is 7.99. The Bertz CT molecular complexity index is 1050. The molecule has 0 fully saturated rings. The molecule has 0 unspecified atom stereocenters. The van der Waals surface area contributed by atoms with E-state index in [-0.39, 0.29) is 17.3 Å². The lowest BCUT2D eigenvalue weighted by Gasteiger charge is -2.09. The van der Waals surface area contributed by atoms with E-state index in [1.54, 1.807) is 0 Å². The highest BCUT2D eigenvalue weighted by Crippen LogP contribution is 2.26. The molecule has 0 atom stereocenters. The summed E-state index contributed by atoms with van der Waals surface area (Å²) in [6.45, 7) is 6.20. The number of thioether (sulfide) groups is 1. The molecule has 1 aromatic heterocycles. The molecular weight excluding hydrogens is 388 g/mol. The molecule has 0 aliphatic heterocycles. The summed E-state index contributed by atoms with van der Waals surface area (Å²) in [4.78, 5) is 22.3. The lowest BCUT2D eigenvalue weighted by atomic mass is 9.99. The third kappa shape index (κ3) is 5.17. The zero-order valence-electron chi connectivity index (χ0n) is 16.3. The van der Waals surface area contributed by atoms with E-state index in [4.69, 9.17) is 0 Å². The van der Waals surface area contributed by atoms with Crippen LogP contribution in [0.2, 0.25) is 0 Å². The first-order chi connectivity index (χ1) is 13.8. The summed E-state index contributed by atoms with van der Waals surface area (Å²) in [5.74, 6) is -0.0621. The van der Waals surface area contributed by atoms with Gasteiger partial charge in [0.2, 0.25) is 5.91 Å². The average Bonchev–Trinajstić information content (AvgIpc) is 2.70. The molecular formula is C21H20N4O3S. The lowest BCUT2D eigenvalue weighted by Crippen LogP contribution is -2.14. The normalized spacial score (nSPS) is 10.6. The van der Waals surface area contributed by atoms with Gasteiger partial charge in [0.05, 0.1) is 16.4 Å². The largest absolute Gasteiger partial charge is 0.325 e. The molecule has 148 valence electrons. The predicted octanol–water partition coefficient (Wildman–Crippen LogP) is 4.71. The summed E-state index contributed by atoms with van der Waals surface area (Å²) in [5.41, 5.74) is 5.92. The fourth-order valence-corrected chi connectivity index (χ4v) is 3.39. The summed E-state index contributed by atoms with van der Waals surface area (Å²) >= 11 is 1.28. The standard InChI is InChI=1S/C21H20N4O3S/c1-13-10-15(3)18(11-14(13)2)19-8-9-21(24-23-19)29-12-20(26)22-16-4-6-17(7-5-16)25(27)28/h4-11H,12H2,1-3H3,(H,22,26). The Kier molecular flexibility index (Phi) is 6.23. The second kappa shape index (κ2) is 8.83. The molecule has 29 heavy (non-hydrogen) atoms. The fraction of sp³-hybridized carbons (Fsp3) is 0.190. The highest BCUT2D eigenvalue weighted by atomic mass is 32.2. The van der Waals surface area contributed by atoms with E-state index in [1.165, 1.54) is 47.2 Å². The number of anilines is 1. The van der Waals surface area contributed by atoms with Crippen molar-refractivity contribution in [1.82, 2.24) is 10.2 Å². The number of nitro groups is 1. The Morgan fingerprint density at radius 2 is 1.69 bits per heavy atom. The van der Waals surface area contributed by atoms with Crippen LogP contribution in [0, 0.1) is 30.9 Å². The maximum Gasteiger partial charge on any atom is 0.269 e. The Labute approximate surface area is 172 Å². The van der Waals surface area contributed by atoms with Crippen LogP contribution in [-0.4, -0.2) is 26.8 Å². The minimum absolute atomic E-state index is 0.0215. The van der Waals surface area contributed by atoms with E-state index >= 15 is 0 Å². The van der Waals surface area contributed by atoms with Crippen LogP contribution >= 0.6 is 11.8 Å². The van der Waals surface area contributed by atoms with E-state index < -0.39 is 4.92 Å². The number of amides is 1. The molecule has 0 radical (unpaired) electrons. The quantitative estimate of drug-likeness (QED) is 0.360. The number of aryl methyl sites for hydroxylation is 3. The molecule has 0 saturated heterocycles. The van der Waals surface area contributed by atoms with Gasteiger partial charge in [-0.15, -0.1) is 10.2 Å². The molecule has 0 bridgehead atoms. The second-order valence-corrected chi connectivity index (χ2v) is 7.64. The zero-order valence-corrected chi connectivity index (χ0v) is 17.1. The van der Waals surface area contributed by atoms with Gasteiger partial charge in [-0.3, -0.25) is 14.9 Å². The van der Waals surface area contributed by atoms with Gasteiger partial charge in [0, 0.05) is 23.4 Å². The summed E-state index contributed by atoms with van der Waals surface area (Å²) in [6.07, 6.45) is 0. The van der Waals surface area contributed by atoms with Crippen molar-refractivity contribution in [3.8, 4) is 11.3 Å². The van der Waals surface area contributed by atoms with Gasteiger partial charge in [-0.2, -0.15) is 0 Å². The molecule has 0 aliphatic rings. The van der Waals surface area contributed by atoms with Crippen molar-refractivity contribution >= 4 is 29.0 Å². The van der Waals surface area contributed by atoms with Gasteiger partial charge in [0.25, 0.3) is 5.69 Å². The van der Waals surface area contributed by atoms with E-state index in [2.05, 4.69) is 48.4 Å². The van der Waals surface area contributed by atoms with Gasteiger partial charge in [-0.05, 0) is 67.8 Å². The number of non-ortho nitro benzene ring substituents is 1. The first kappa shape index (κ1) is 20.5. The van der Waals surface area contributed by atoms with E-state index in [0.717, 1.165) is 16.8 Å². The smallest absolute Gasteiger partial charge is 0.269 e. The van der Waals surface area contributed by atoms with Crippen molar-refractivity contribution in [3.05, 3.63) is 75.3 Å². The first-order valence-corrected chi connectivity index (χ1v) is 9.91. The molecule has 8 heteroatoms. The van der Waals surface area contributed by atoms with Gasteiger partial charge in [0.15, 0.2) is 0 Å². The van der Waals surface area contributed by atoms with Crippen LogP contribution in [-0.2, 0) is 4.79 Å². The number of rotatable bonds is 6. The molecule has 1 heterocycles. The summed E-state index contributed by atoms with van der Waals surface area (Å²) in [6, 6.07) is 13.7. The zero-order chi connectivity index (χ0) is 21.0. The molecule has 0 aliphatic carbocycles. The average molecular weight is 408 g/mol. The molecule has 3 rings (SSSR count). The van der Waals surface area contributed by atoms with E-state index in [1.807, 2.05) is 12.1 Å². The minimum Gasteiger partial charge on any atom is -0.325 e. The van der Waals surface area contributed by atoms with Crippen molar-refractivity contribution in [2.75, 3.05) is 11.1 Å². The summed E-state index contributed by atoms with van der Waals surface area (Å²) in [7, 11) is 0. The van der Waals surface area contributed by atoms with Gasteiger partial charge in [0.1, 0.15) is 5.03 Å². The molecule has 7 nitrogen and oxygen atoms in total. The minimum atomic E-state index is -0.483. The van der Waals surface area contributed by atoms with Crippen LogP contribution in [0.25, 0.3) is 11.3 Å². The van der Waals surface area contributed by atoms with Crippen LogP contribution in [0.4, 0.5) is 11.4 Å². The van der Waals surface area contributed by atoms with Crippen LogP contribution in [0.15, 0.2) is 53.6 Å². The molecule has 2 aromatic carbocycles. The molecule has 0 spiro atoms. The van der Waals surface area contributed by atoms with Crippen LogP contribution in [0.3, 0.4) is 0 Å². The van der Waals surface area contributed by atoms with Gasteiger partial charge in [-0.1, -0.05) is 17.8 Å². The van der Waals surface area contributed by atoms with E-state index in [9.17, 15) is 14.9 Å². The topological polar surface area (TPSA) is 98.0 Å². The number of aromatic nitrogens is 2. The first-order valence-electron chi connectivity index (χ1n) is 8.92. The van der Waals surface area contributed by atoms with Crippen molar-refractivity contribution in [1.29, 1.82) is 0 Å². The van der Waals surface area contributed by atoms with Crippen LogP contribution in [0.1, 0.15) is 16.7 Å². The van der Waals surface area contributed by atoms with Gasteiger partial charge >= 0.3 is 0 Å². The van der Waals surface area contributed by atoms with Gasteiger partial charge in [-0.25, -0.2) is 0 Å². The number of nitrogens with one attached hydrogen (secondary N) is 1. The number of carbonyl (C=O) groups is 1. The summed E-state index contributed by atoms with van der Waals surface area (Å²) in [5, 5.41) is 22.5. The molecule has 1 N–H and O–H groups in total. The maximum atomic E-state index is 12.1. The Hall–Kier alpha value is -3.26. The third-order valence-corrected chi connectivity index (χ3v) is 5.39. The van der Waals surface area contributed by atoms with Crippen LogP contribution in [0.5, 0.6) is 0 Å². The molecule has 3 aromatic rings. The van der Waals surface area contributed by atoms with E-state index in [0.29, 0.717) is 10.7 Å². The number of hydrogen-bond acceptors (Lipinski definition) is 6. The number of nitrogens with zero attached hydrogens (tertiary/aromatic N) is 3. The lowest BCUT2D eigenvalue weighted by molar-refractivity contribution is -0.384. The predicted molar refractivity (Wildman–Crippen MR) is 114 cm³/mol. The van der Waals surface area contributed by atoms with Crippen molar-refractivity contribution in [2.45, 2.75) is 25.8 Å².